The Balaban J connectivity index is 1.61. The number of pyridine rings is 1. The maximum atomic E-state index is 4.66. The van der Waals surface area contributed by atoms with Crippen molar-refractivity contribution >= 4 is 0 Å². The molecule has 1 heterocycles. The molecule has 2 aromatic carbocycles. The number of aryl methyl sites for hydroxylation is 4. The van der Waals surface area contributed by atoms with Gasteiger partial charge >= 0.3 is 0 Å². The van der Waals surface area contributed by atoms with E-state index in [2.05, 4.69) is 79.5 Å². The molecule has 0 radical (unpaired) electrons. The summed E-state index contributed by atoms with van der Waals surface area (Å²) in [5.74, 6) is 0. The van der Waals surface area contributed by atoms with E-state index >= 15 is 0 Å². The van der Waals surface area contributed by atoms with E-state index < -0.39 is 0 Å². The first-order chi connectivity index (χ1) is 12.3. The number of rotatable bonds is 7. The van der Waals surface area contributed by atoms with Crippen LogP contribution in [0.4, 0.5) is 0 Å². The summed E-state index contributed by atoms with van der Waals surface area (Å²) in [6.07, 6.45) is 7.56. The Kier molecular flexibility index (Phi) is 6.00. The van der Waals surface area contributed by atoms with Crippen molar-refractivity contribution in [1.29, 1.82) is 0 Å². The molecule has 0 aliphatic rings. The molecule has 3 aromatic rings. The van der Waals surface area contributed by atoms with Crippen LogP contribution in [-0.2, 0) is 25.7 Å². The Labute approximate surface area is 151 Å². The summed E-state index contributed by atoms with van der Waals surface area (Å²) in [7, 11) is 0. The van der Waals surface area contributed by atoms with Crippen LogP contribution in [0.15, 0.2) is 66.9 Å². The van der Waals surface area contributed by atoms with Crippen molar-refractivity contribution in [3.05, 3.63) is 89.1 Å². The second-order valence-electron chi connectivity index (χ2n) is 6.67. The van der Waals surface area contributed by atoms with Crippen LogP contribution in [0.1, 0.15) is 42.5 Å². The van der Waals surface area contributed by atoms with Gasteiger partial charge in [0.2, 0.25) is 0 Å². The lowest BCUT2D eigenvalue weighted by Gasteiger charge is -2.06. The van der Waals surface area contributed by atoms with E-state index in [1.54, 1.807) is 0 Å². The monoisotopic (exact) mass is 329 g/mol. The van der Waals surface area contributed by atoms with Gasteiger partial charge in [0.25, 0.3) is 0 Å². The predicted octanol–water partition coefficient (Wildman–Crippen LogP) is 6.05. The maximum absolute atomic E-state index is 4.66. The first-order valence-electron chi connectivity index (χ1n) is 9.40. The van der Waals surface area contributed by atoms with E-state index in [1.165, 1.54) is 34.2 Å². The lowest BCUT2D eigenvalue weighted by Crippen LogP contribution is -1.94. The van der Waals surface area contributed by atoms with Gasteiger partial charge < -0.3 is 0 Å². The van der Waals surface area contributed by atoms with Crippen LogP contribution in [0, 0.1) is 0 Å². The van der Waals surface area contributed by atoms with E-state index in [9.17, 15) is 0 Å². The summed E-state index contributed by atoms with van der Waals surface area (Å²) in [6, 6.07) is 22.1. The highest BCUT2D eigenvalue weighted by atomic mass is 14.7. The molecule has 0 atom stereocenters. The predicted molar refractivity (Wildman–Crippen MR) is 107 cm³/mol. The SMILES string of the molecule is CCCc1ccc(-c2ccc(CCc3ccc(CC)cc3)cn2)cc1. The van der Waals surface area contributed by atoms with Gasteiger partial charge in [0.15, 0.2) is 0 Å². The van der Waals surface area contributed by atoms with Crippen LogP contribution in [0.25, 0.3) is 11.3 Å². The molecule has 0 saturated carbocycles. The van der Waals surface area contributed by atoms with Gasteiger partial charge in [-0.3, -0.25) is 4.98 Å². The van der Waals surface area contributed by atoms with Crippen LogP contribution < -0.4 is 0 Å². The fraction of sp³-hybridized carbons (Fsp3) is 0.292. The zero-order valence-electron chi connectivity index (χ0n) is 15.3. The normalized spacial score (nSPS) is 10.8. The van der Waals surface area contributed by atoms with Gasteiger partial charge in [-0.1, -0.05) is 74.9 Å². The Morgan fingerprint density at radius 2 is 1.16 bits per heavy atom. The highest BCUT2D eigenvalue weighted by Crippen LogP contribution is 2.19. The molecule has 0 fully saturated rings. The molecule has 25 heavy (non-hydrogen) atoms. The summed E-state index contributed by atoms with van der Waals surface area (Å²) < 4.78 is 0. The molecule has 0 amide bonds. The van der Waals surface area contributed by atoms with Crippen LogP contribution in [0.3, 0.4) is 0 Å². The molecular formula is C24H27N. The first kappa shape index (κ1) is 17.4. The van der Waals surface area contributed by atoms with Crippen molar-refractivity contribution in [1.82, 2.24) is 4.98 Å². The minimum atomic E-state index is 1.04. The van der Waals surface area contributed by atoms with Gasteiger partial charge in [0.1, 0.15) is 0 Å². The number of hydrogen-bond acceptors (Lipinski definition) is 1. The van der Waals surface area contributed by atoms with E-state index in [4.69, 9.17) is 0 Å². The largest absolute Gasteiger partial charge is 0.256 e. The average Bonchev–Trinajstić information content (AvgIpc) is 2.68. The standard InChI is InChI=1S/C24H27N/c1-3-5-20-12-15-23(16-13-20)24-17-14-22(18-25-24)11-10-21-8-6-19(4-2)7-9-21/h6-9,12-18H,3-5,10-11H2,1-2H3. The molecule has 1 nitrogen and oxygen atoms in total. The van der Waals surface area contributed by atoms with Crippen molar-refractivity contribution in [3.63, 3.8) is 0 Å². The fourth-order valence-electron chi connectivity index (χ4n) is 3.10. The van der Waals surface area contributed by atoms with E-state index in [0.29, 0.717) is 0 Å². The summed E-state index contributed by atoms with van der Waals surface area (Å²) in [5.41, 5.74) is 7.75. The summed E-state index contributed by atoms with van der Waals surface area (Å²) in [4.78, 5) is 4.66. The highest BCUT2D eigenvalue weighted by molar-refractivity contribution is 5.59. The van der Waals surface area contributed by atoms with Crippen molar-refractivity contribution in [2.45, 2.75) is 46.0 Å². The van der Waals surface area contributed by atoms with Crippen LogP contribution in [-0.4, -0.2) is 4.98 Å². The molecule has 0 bridgehead atoms. The molecule has 0 saturated heterocycles. The third-order valence-electron chi connectivity index (χ3n) is 4.75. The second kappa shape index (κ2) is 8.62. The third-order valence-corrected chi connectivity index (χ3v) is 4.75. The molecule has 1 heteroatoms. The average molecular weight is 329 g/mol. The van der Waals surface area contributed by atoms with Crippen molar-refractivity contribution < 1.29 is 0 Å². The third kappa shape index (κ3) is 4.79. The Morgan fingerprint density at radius 3 is 1.76 bits per heavy atom. The minimum absolute atomic E-state index is 1.04. The molecule has 0 aliphatic heterocycles. The van der Waals surface area contributed by atoms with Gasteiger partial charge in [0, 0.05) is 11.8 Å². The zero-order chi connectivity index (χ0) is 17.5. The molecule has 0 N–H and O–H groups in total. The summed E-state index contributed by atoms with van der Waals surface area (Å²) in [5, 5.41) is 0. The first-order valence-corrected chi connectivity index (χ1v) is 9.40. The molecule has 0 aliphatic carbocycles. The Hall–Kier alpha value is -2.41. The van der Waals surface area contributed by atoms with Gasteiger partial charge in [-0.2, -0.15) is 0 Å². The molecule has 1 aromatic heterocycles. The van der Waals surface area contributed by atoms with Crippen LogP contribution in [0.2, 0.25) is 0 Å². The quantitative estimate of drug-likeness (QED) is 0.514. The Bertz CT molecular complexity index is 768. The number of aromatic nitrogens is 1. The van der Waals surface area contributed by atoms with E-state index in [0.717, 1.165) is 31.4 Å². The van der Waals surface area contributed by atoms with Crippen molar-refractivity contribution in [3.8, 4) is 11.3 Å². The molecular weight excluding hydrogens is 302 g/mol. The highest BCUT2D eigenvalue weighted by Gasteiger charge is 2.02. The van der Waals surface area contributed by atoms with Gasteiger partial charge in [-0.05, 0) is 54.0 Å². The zero-order valence-corrected chi connectivity index (χ0v) is 15.3. The van der Waals surface area contributed by atoms with Crippen LogP contribution >= 0.6 is 0 Å². The van der Waals surface area contributed by atoms with Crippen molar-refractivity contribution in [2.75, 3.05) is 0 Å². The summed E-state index contributed by atoms with van der Waals surface area (Å²) >= 11 is 0. The molecule has 3 rings (SSSR count). The topological polar surface area (TPSA) is 12.9 Å². The number of hydrogen-bond donors (Lipinski definition) is 0. The van der Waals surface area contributed by atoms with Gasteiger partial charge in [0.05, 0.1) is 5.69 Å². The summed E-state index contributed by atoms with van der Waals surface area (Å²) in [6.45, 7) is 4.41. The van der Waals surface area contributed by atoms with Gasteiger partial charge in [-0.25, -0.2) is 0 Å². The van der Waals surface area contributed by atoms with E-state index in [-0.39, 0.29) is 0 Å². The lowest BCUT2D eigenvalue weighted by atomic mass is 10.0. The molecule has 128 valence electrons. The second-order valence-corrected chi connectivity index (χ2v) is 6.67. The smallest absolute Gasteiger partial charge is 0.0702 e. The van der Waals surface area contributed by atoms with Gasteiger partial charge in [-0.15, -0.1) is 0 Å². The lowest BCUT2D eigenvalue weighted by molar-refractivity contribution is 0.922. The van der Waals surface area contributed by atoms with Crippen LogP contribution in [0.5, 0.6) is 0 Å². The molecule has 0 spiro atoms. The number of nitrogens with zero attached hydrogens (tertiary/aromatic N) is 1. The molecule has 0 unspecified atom stereocenters. The van der Waals surface area contributed by atoms with Crippen molar-refractivity contribution in [2.24, 2.45) is 0 Å². The fourth-order valence-corrected chi connectivity index (χ4v) is 3.10. The maximum Gasteiger partial charge on any atom is 0.0702 e. The number of benzene rings is 2. The Morgan fingerprint density at radius 1 is 0.600 bits per heavy atom. The van der Waals surface area contributed by atoms with E-state index in [1.807, 2.05) is 6.20 Å². The minimum Gasteiger partial charge on any atom is -0.256 e.